The molecule has 0 saturated carbocycles. The highest BCUT2D eigenvalue weighted by atomic mass is 16.6. The molecule has 16 N–H and O–H groups in total. The summed E-state index contributed by atoms with van der Waals surface area (Å²) in [7, 11) is 1.16. The van der Waals surface area contributed by atoms with Crippen molar-refractivity contribution in [1.82, 2.24) is 16.0 Å². The highest BCUT2D eigenvalue weighted by Crippen LogP contribution is 2.36. The van der Waals surface area contributed by atoms with Crippen molar-refractivity contribution in [3.8, 4) is 0 Å². The van der Waals surface area contributed by atoms with Gasteiger partial charge >= 0.3 is 29.8 Å². The number of aliphatic hydroxyl groups excluding tert-OH is 11. The van der Waals surface area contributed by atoms with Gasteiger partial charge in [-0.25, -0.2) is 14.4 Å². The van der Waals surface area contributed by atoms with Gasteiger partial charge in [-0.3, -0.25) is 28.8 Å². The van der Waals surface area contributed by atoms with E-state index in [1.165, 1.54) is 79.7 Å². The third kappa shape index (κ3) is 31.9. The van der Waals surface area contributed by atoms with Crippen molar-refractivity contribution in [3.63, 3.8) is 0 Å². The number of rotatable bonds is 29. The lowest BCUT2D eigenvalue weighted by Crippen LogP contribution is -2.59. The Balaban J connectivity index is 2.69. The first-order chi connectivity index (χ1) is 51.9. The number of esters is 3. The van der Waals surface area contributed by atoms with Crippen LogP contribution in [0.25, 0.3) is 0 Å². The highest BCUT2D eigenvalue weighted by Gasteiger charge is 2.47. The lowest BCUT2D eigenvalue weighted by atomic mass is 9.72. The zero-order valence-corrected chi connectivity index (χ0v) is 68.8. The van der Waals surface area contributed by atoms with Gasteiger partial charge in [-0.05, 0) is 147 Å². The molecule has 0 aromatic heterocycles. The van der Waals surface area contributed by atoms with E-state index in [-0.39, 0.29) is 37.0 Å². The lowest BCUT2D eigenvalue weighted by molar-refractivity contribution is -0.175. The Labute approximate surface area is 660 Å². The van der Waals surface area contributed by atoms with Crippen LogP contribution >= 0.6 is 0 Å². The first-order valence-electron chi connectivity index (χ1n) is 38.9. The molecule has 2 rings (SSSR count). The number of carboxylic acids is 2. The summed E-state index contributed by atoms with van der Waals surface area (Å²) >= 11 is 0. The van der Waals surface area contributed by atoms with Gasteiger partial charge in [0.1, 0.15) is 18.0 Å². The first kappa shape index (κ1) is 101. The number of nitrogens with one attached hydrogen (secondary N) is 3. The average Bonchev–Trinajstić information content (AvgIpc) is 0.751. The van der Waals surface area contributed by atoms with Crippen molar-refractivity contribution in [2.24, 2.45) is 64.1 Å². The quantitative estimate of drug-likeness (QED) is 0.0196. The van der Waals surface area contributed by atoms with E-state index in [1.807, 2.05) is 24.3 Å². The number of allylic oxidation sites excluding steroid dienone is 7. The molecule has 3 amide bonds. The van der Waals surface area contributed by atoms with Gasteiger partial charge in [-0.15, -0.1) is 0 Å². The van der Waals surface area contributed by atoms with Crippen molar-refractivity contribution in [2.45, 2.75) is 299 Å². The summed E-state index contributed by atoms with van der Waals surface area (Å²) in [6.45, 7) is 27.9. The molecule has 2 heterocycles. The zero-order chi connectivity index (χ0) is 85.7. The Bertz CT molecular complexity index is 3320. The molecule has 2 bridgehead atoms. The number of hydrogen-bond acceptors (Lipinski definition) is 24. The second kappa shape index (κ2) is 47.7. The Kier molecular flexibility index (Phi) is 43.0. The van der Waals surface area contributed by atoms with E-state index in [4.69, 9.17) is 18.9 Å². The number of carbonyl (C=O) groups excluding carboxylic acids is 7. The lowest BCUT2D eigenvalue weighted by Gasteiger charge is -2.38. The summed E-state index contributed by atoms with van der Waals surface area (Å²) in [6.07, 6.45) is 0.673. The Morgan fingerprint density at radius 2 is 1.30 bits per heavy atom. The van der Waals surface area contributed by atoms with Crippen LogP contribution in [0.4, 0.5) is 0 Å². The molecule has 29 heteroatoms. The van der Waals surface area contributed by atoms with Crippen LogP contribution in [-0.4, -0.2) is 237 Å². The van der Waals surface area contributed by atoms with Crippen LogP contribution in [0.2, 0.25) is 0 Å². The van der Waals surface area contributed by atoms with Gasteiger partial charge in [-0.2, -0.15) is 0 Å². The van der Waals surface area contributed by atoms with Crippen LogP contribution in [0.5, 0.6) is 0 Å². The fraction of sp³-hybridized carbons (Fsp3) is 0.699. The molecule has 26 atom stereocenters. The molecule has 1 fully saturated rings. The second-order valence-corrected chi connectivity index (χ2v) is 32.6. The van der Waals surface area contributed by atoms with Crippen molar-refractivity contribution < 1.29 is 128 Å². The molecule has 0 aliphatic carbocycles. The van der Waals surface area contributed by atoms with E-state index in [9.17, 15) is 110 Å². The summed E-state index contributed by atoms with van der Waals surface area (Å²) < 4.78 is 23.0. The fourth-order valence-corrected chi connectivity index (χ4v) is 13.9. The molecule has 2 aliphatic heterocycles. The van der Waals surface area contributed by atoms with Crippen molar-refractivity contribution in [3.05, 3.63) is 95.7 Å². The number of hydrogen-bond donors (Lipinski definition) is 16. The molecule has 0 spiro atoms. The average molecular weight is 1590 g/mol. The minimum Gasteiger partial charge on any atom is -0.479 e. The Hall–Kier alpha value is -7.13. The number of amides is 3. The predicted octanol–water partition coefficient (Wildman–Crippen LogP) is 5.26. The van der Waals surface area contributed by atoms with Gasteiger partial charge in [0.2, 0.25) is 17.7 Å². The van der Waals surface area contributed by atoms with Crippen molar-refractivity contribution in [2.75, 3.05) is 7.11 Å². The molecule has 0 aromatic carbocycles. The zero-order valence-electron chi connectivity index (χ0n) is 68.8. The first-order valence-corrected chi connectivity index (χ1v) is 38.9. The van der Waals surface area contributed by atoms with Crippen LogP contribution in [0.1, 0.15) is 189 Å². The molecule has 26 unspecified atom stereocenters. The molecule has 0 radical (unpaired) electrons. The maximum absolute atomic E-state index is 14.6. The Morgan fingerprint density at radius 3 is 1.88 bits per heavy atom. The highest BCUT2D eigenvalue weighted by molar-refractivity contribution is 5.95. The largest absolute Gasteiger partial charge is 0.479 e. The van der Waals surface area contributed by atoms with Gasteiger partial charge in [0.15, 0.2) is 18.2 Å². The van der Waals surface area contributed by atoms with E-state index in [1.54, 1.807) is 73.6 Å². The standard InChI is InChI=1S/C83H133N3O26/c1-43(2)68(94)66(84-63(92)35-36-82(15,16)75(100)54(13)76(101)83(17,18)81(108)109-19)72(98)50(9)40-48(7)69(95)45(4)31-33-58(88)52(11)77(102)86-65(55(14)87)74-53(12)61(111-64(93)42-60(90)78(103)104)34-32-46(5)70(96)47(6)39-49(8)71(97)51(10)59(89)41-57-38-44(3)37-56(110-57)29-27-25-23-21-20-22-24-26-28-30-62(91)85-67(80(107)112-74)73(99)79(105)106/h21,23-28,30,32,35-36,39-40,43-45,47,50-61,65-74,76,87-90,94-99,101H,20,22,29,31,33-34,37-38,41-42H2,1-19H3,(H,84,92)(H,85,91)(H,86,102)(H,103,104)(H,105,106)/b23-21+,26-24+,27-25+,30-28+,36-35+,46-32+,48-40+,49-39+. The Morgan fingerprint density at radius 1 is 0.714 bits per heavy atom. The van der Waals surface area contributed by atoms with Crippen LogP contribution in [0.15, 0.2) is 95.7 Å². The number of ether oxygens (including phenoxy) is 4. The normalized spacial score (nSPS) is 29.7. The maximum Gasteiger partial charge on any atom is 0.335 e. The minimum atomic E-state index is -2.71. The maximum atomic E-state index is 14.6. The van der Waals surface area contributed by atoms with Gasteiger partial charge in [0.05, 0.1) is 104 Å². The van der Waals surface area contributed by atoms with E-state index in [0.717, 1.165) is 32.6 Å². The van der Waals surface area contributed by atoms with Crippen LogP contribution in [0, 0.1) is 64.1 Å². The number of ketones is 1. The second-order valence-electron chi connectivity index (χ2n) is 32.6. The number of carboxylic acid groups (broad SMARTS) is 2. The van der Waals surface area contributed by atoms with E-state index >= 15 is 0 Å². The van der Waals surface area contributed by atoms with Crippen LogP contribution < -0.4 is 16.0 Å². The van der Waals surface area contributed by atoms with Crippen molar-refractivity contribution in [1.29, 1.82) is 0 Å². The number of fused-ring (bicyclic) bond motifs is 2. The number of aliphatic carboxylic acids is 2. The fourth-order valence-electron chi connectivity index (χ4n) is 13.9. The molecule has 2 aliphatic rings. The van der Waals surface area contributed by atoms with E-state index < -0.39 is 222 Å². The monoisotopic (exact) mass is 1590 g/mol. The third-order valence-corrected chi connectivity index (χ3v) is 21.6. The summed E-state index contributed by atoms with van der Waals surface area (Å²) in [4.78, 5) is 120. The summed E-state index contributed by atoms with van der Waals surface area (Å²) in [5.41, 5.74) is -1.81. The van der Waals surface area contributed by atoms with Gasteiger partial charge < -0.3 is 101 Å². The van der Waals surface area contributed by atoms with Gasteiger partial charge in [0, 0.05) is 47.5 Å². The molecule has 29 nitrogen and oxygen atoms in total. The molecule has 0 aromatic rings. The number of Topliss-reactive ketones (excluding diaryl/α,β-unsaturated/α-hetero) is 1. The molecule has 636 valence electrons. The topological polar surface area (TPSA) is 490 Å². The SMILES string of the molecule is COC(=O)C(C)(C)C(O)C(C)C(=O)C(C)(C)/C=C/C(=O)NC(C(O)C(C)C)C(O)C(C)/C=C(\C)C(O)C(C)CCC(O)C(C)C(=O)NC(C(C)O)C1OC(=O)C(C(O)C(=O)O)NC(=O)/C=C/C=C/CC/C=C/C=C/CC2CC(C)CC(CC(O)C(C)C(O)/C(C)=C/C(C)C(O)/C(C)=C/CC(OC(=O)CC(O)C(=O)O)C1C)O2. The number of cyclic esters (lactones) is 1. The number of methoxy groups -OCH3 is 1. The minimum absolute atomic E-state index is 0.0392. The van der Waals surface area contributed by atoms with Crippen molar-refractivity contribution >= 4 is 53.4 Å². The van der Waals surface area contributed by atoms with Crippen LogP contribution in [0.3, 0.4) is 0 Å². The number of carbonyl (C=O) groups is 9. The third-order valence-electron chi connectivity index (χ3n) is 21.6. The van der Waals surface area contributed by atoms with Crippen LogP contribution in [-0.2, 0) is 62.1 Å². The molecule has 1 saturated heterocycles. The smallest absolute Gasteiger partial charge is 0.335 e. The molecule has 112 heavy (non-hydrogen) atoms. The summed E-state index contributed by atoms with van der Waals surface area (Å²) in [5, 5.41) is 152. The number of aliphatic hydroxyl groups is 11. The molecular formula is C83H133N3O26. The summed E-state index contributed by atoms with van der Waals surface area (Å²) in [6, 6.07) is -5.55. The predicted molar refractivity (Wildman–Crippen MR) is 417 cm³/mol. The van der Waals surface area contributed by atoms with E-state index in [0.29, 0.717) is 42.7 Å². The molecular weight excluding hydrogens is 1450 g/mol. The van der Waals surface area contributed by atoms with E-state index in [2.05, 4.69) is 22.9 Å². The summed E-state index contributed by atoms with van der Waals surface area (Å²) in [5.74, 6) is -18.0. The van der Waals surface area contributed by atoms with Gasteiger partial charge in [0.25, 0.3) is 0 Å². The van der Waals surface area contributed by atoms with Gasteiger partial charge in [-0.1, -0.05) is 136 Å².